The third-order valence-electron chi connectivity index (χ3n) is 6.04. The molecule has 3 aromatic carbocycles. The van der Waals surface area contributed by atoms with E-state index < -0.39 is 5.85 Å². The molecular weight excluding hydrogens is 467 g/mol. The number of aromatic nitrogens is 2. The highest BCUT2D eigenvalue weighted by atomic mass is 31.0. The Kier molecular flexibility index (Phi) is 6.54. The van der Waals surface area contributed by atoms with E-state index >= 15 is 0 Å². The Labute approximate surface area is 205 Å². The number of fused-ring (bicyclic) bond motifs is 1. The second kappa shape index (κ2) is 9.76. The average molecular weight is 493 g/mol. The van der Waals surface area contributed by atoms with Crippen LogP contribution in [0.4, 0.5) is 8.78 Å². The summed E-state index contributed by atoms with van der Waals surface area (Å²) in [5, 5.41) is 0. The third kappa shape index (κ3) is 5.53. The summed E-state index contributed by atoms with van der Waals surface area (Å²) in [5.41, 5.74) is 4.21. The van der Waals surface area contributed by atoms with Crippen LogP contribution in [0.1, 0.15) is 17.0 Å². The molecule has 1 atom stereocenters. The Balaban J connectivity index is 1.32. The monoisotopic (exact) mass is 493 g/mol. The molecule has 5 nitrogen and oxygen atoms in total. The van der Waals surface area contributed by atoms with Gasteiger partial charge >= 0.3 is 5.85 Å². The van der Waals surface area contributed by atoms with Gasteiger partial charge in [0.25, 0.3) is 0 Å². The molecule has 0 saturated carbocycles. The SMILES string of the molecule is Cn1c(-c2ccc(OC(F)(F)P)cc2)nc2c1CN(Cc1ccccc1Oc1ccccc1)CC2. The van der Waals surface area contributed by atoms with E-state index in [2.05, 4.69) is 20.3 Å². The molecule has 0 fully saturated rings. The molecule has 35 heavy (non-hydrogen) atoms. The van der Waals surface area contributed by atoms with Crippen LogP contribution in [0.15, 0.2) is 78.9 Å². The topological polar surface area (TPSA) is 39.5 Å². The minimum atomic E-state index is -3.29. The number of hydrogen-bond acceptors (Lipinski definition) is 4. The van der Waals surface area contributed by atoms with Crippen molar-refractivity contribution in [3.63, 3.8) is 0 Å². The molecule has 1 aliphatic rings. The van der Waals surface area contributed by atoms with E-state index in [9.17, 15) is 8.78 Å². The van der Waals surface area contributed by atoms with Crippen LogP contribution >= 0.6 is 9.24 Å². The summed E-state index contributed by atoms with van der Waals surface area (Å²) >= 11 is 0. The molecular formula is C27H26F2N3O2P. The maximum atomic E-state index is 13.1. The highest BCUT2D eigenvalue weighted by molar-refractivity contribution is 7.17. The highest BCUT2D eigenvalue weighted by Gasteiger charge is 2.25. The predicted octanol–water partition coefficient (Wildman–Crippen LogP) is 6.24. The summed E-state index contributed by atoms with van der Waals surface area (Å²) in [6.07, 6.45) is 0.839. The van der Waals surface area contributed by atoms with E-state index in [1.807, 2.05) is 55.6 Å². The Hall–Kier alpha value is -3.28. The lowest BCUT2D eigenvalue weighted by atomic mass is 10.1. The van der Waals surface area contributed by atoms with Crippen LogP contribution in [-0.2, 0) is 26.6 Å². The van der Waals surface area contributed by atoms with Gasteiger partial charge in [-0.2, -0.15) is 8.78 Å². The number of ether oxygens (including phenoxy) is 2. The minimum absolute atomic E-state index is 0.107. The molecule has 1 aromatic heterocycles. The van der Waals surface area contributed by atoms with Crippen LogP contribution in [0, 0.1) is 0 Å². The zero-order valence-corrected chi connectivity index (χ0v) is 20.5. The highest BCUT2D eigenvalue weighted by Crippen LogP contribution is 2.32. The molecule has 4 aromatic rings. The number of imidazole rings is 1. The van der Waals surface area contributed by atoms with E-state index in [1.165, 1.54) is 21.4 Å². The Morgan fingerprint density at radius 3 is 2.40 bits per heavy atom. The molecule has 0 bridgehead atoms. The first kappa shape index (κ1) is 23.5. The number of halogens is 2. The van der Waals surface area contributed by atoms with Gasteiger partial charge in [0.1, 0.15) is 23.1 Å². The molecule has 0 spiro atoms. The summed E-state index contributed by atoms with van der Waals surface area (Å²) in [6.45, 7) is 2.41. The summed E-state index contributed by atoms with van der Waals surface area (Å²) < 4.78 is 39.0. The Morgan fingerprint density at radius 1 is 0.943 bits per heavy atom. The first-order chi connectivity index (χ1) is 16.9. The van der Waals surface area contributed by atoms with Crippen LogP contribution in [0.3, 0.4) is 0 Å². The van der Waals surface area contributed by atoms with Crippen molar-refractivity contribution >= 4 is 9.24 Å². The average Bonchev–Trinajstić information content (AvgIpc) is 3.16. The van der Waals surface area contributed by atoms with Crippen molar-refractivity contribution in [2.45, 2.75) is 25.4 Å². The minimum Gasteiger partial charge on any atom is -0.457 e. The van der Waals surface area contributed by atoms with E-state index in [0.29, 0.717) is 0 Å². The number of rotatable bonds is 7. The van der Waals surface area contributed by atoms with Gasteiger partial charge in [0, 0.05) is 44.2 Å². The maximum absolute atomic E-state index is 13.1. The normalized spacial score (nSPS) is 13.9. The van der Waals surface area contributed by atoms with Gasteiger partial charge in [-0.3, -0.25) is 4.90 Å². The molecule has 0 aliphatic carbocycles. The van der Waals surface area contributed by atoms with Crippen LogP contribution in [0.2, 0.25) is 0 Å². The lowest BCUT2D eigenvalue weighted by Gasteiger charge is -2.27. The third-order valence-corrected chi connectivity index (χ3v) is 6.16. The molecule has 8 heteroatoms. The molecule has 1 aliphatic heterocycles. The van der Waals surface area contributed by atoms with Gasteiger partial charge < -0.3 is 14.0 Å². The van der Waals surface area contributed by atoms with E-state index in [1.54, 1.807) is 12.1 Å². The van der Waals surface area contributed by atoms with E-state index in [4.69, 9.17) is 9.72 Å². The molecule has 0 saturated heterocycles. The lowest BCUT2D eigenvalue weighted by Crippen LogP contribution is -2.31. The molecule has 5 rings (SSSR count). The number of alkyl halides is 2. The fourth-order valence-corrected chi connectivity index (χ4v) is 4.49. The van der Waals surface area contributed by atoms with Crippen molar-refractivity contribution in [1.29, 1.82) is 0 Å². The standard InChI is InChI=1S/C27H26F2N3O2P/c1-31-24-18-32(17-20-7-5-6-10-25(20)33-21-8-3-2-4-9-21)16-15-23(24)30-26(31)19-11-13-22(14-12-19)34-27(28,29)35/h2-14H,15-18,35H2,1H3. The molecule has 0 N–H and O–H groups in total. The van der Waals surface area contributed by atoms with Gasteiger partial charge in [-0.15, -0.1) is 0 Å². The molecule has 1 unspecified atom stereocenters. The van der Waals surface area contributed by atoms with Crippen molar-refractivity contribution < 1.29 is 18.3 Å². The number of para-hydroxylation sites is 2. The van der Waals surface area contributed by atoms with Crippen LogP contribution in [0.5, 0.6) is 17.2 Å². The van der Waals surface area contributed by atoms with E-state index in [-0.39, 0.29) is 5.75 Å². The predicted molar refractivity (Wildman–Crippen MR) is 135 cm³/mol. The zero-order valence-electron chi connectivity index (χ0n) is 19.3. The summed E-state index contributed by atoms with van der Waals surface area (Å²) in [5.74, 6) is -0.703. The summed E-state index contributed by atoms with van der Waals surface area (Å²) in [7, 11) is 3.38. The second-order valence-corrected chi connectivity index (χ2v) is 9.23. The summed E-state index contributed by atoms with van der Waals surface area (Å²) in [6, 6.07) is 24.5. The molecule has 0 amide bonds. The number of hydrogen-bond donors (Lipinski definition) is 0. The van der Waals surface area contributed by atoms with Gasteiger partial charge in [0.05, 0.1) is 11.4 Å². The van der Waals surface area contributed by atoms with Crippen molar-refractivity contribution in [2.24, 2.45) is 7.05 Å². The van der Waals surface area contributed by atoms with Gasteiger partial charge in [0.2, 0.25) is 0 Å². The fourth-order valence-electron chi connectivity index (χ4n) is 4.35. The largest absolute Gasteiger partial charge is 0.457 e. The van der Waals surface area contributed by atoms with Crippen LogP contribution in [0.25, 0.3) is 11.4 Å². The molecule has 180 valence electrons. The number of benzene rings is 3. The number of nitrogens with zero attached hydrogens (tertiary/aromatic N) is 3. The Morgan fingerprint density at radius 2 is 1.66 bits per heavy atom. The Bertz CT molecular complexity index is 1300. The van der Waals surface area contributed by atoms with Gasteiger partial charge in [0.15, 0.2) is 0 Å². The van der Waals surface area contributed by atoms with Crippen LogP contribution in [-0.4, -0.2) is 26.8 Å². The quantitative estimate of drug-likeness (QED) is 0.286. The first-order valence-electron chi connectivity index (χ1n) is 11.4. The van der Waals surface area contributed by atoms with Gasteiger partial charge in [-0.05, 0) is 51.7 Å². The van der Waals surface area contributed by atoms with Crippen LogP contribution < -0.4 is 9.47 Å². The smallest absolute Gasteiger partial charge is 0.408 e. The van der Waals surface area contributed by atoms with Crippen molar-refractivity contribution in [1.82, 2.24) is 14.5 Å². The van der Waals surface area contributed by atoms with Gasteiger partial charge in [-0.25, -0.2) is 4.98 Å². The second-order valence-electron chi connectivity index (χ2n) is 8.56. The summed E-state index contributed by atoms with van der Waals surface area (Å²) in [4.78, 5) is 7.25. The maximum Gasteiger partial charge on any atom is 0.408 e. The molecule has 2 heterocycles. The molecule has 0 radical (unpaired) electrons. The van der Waals surface area contributed by atoms with Crippen molar-refractivity contribution in [3.05, 3.63) is 95.8 Å². The van der Waals surface area contributed by atoms with Crippen molar-refractivity contribution in [3.8, 4) is 28.6 Å². The van der Waals surface area contributed by atoms with Gasteiger partial charge in [-0.1, -0.05) is 36.4 Å². The van der Waals surface area contributed by atoms with Crippen molar-refractivity contribution in [2.75, 3.05) is 6.54 Å². The lowest BCUT2D eigenvalue weighted by molar-refractivity contribution is -0.0892. The first-order valence-corrected chi connectivity index (χ1v) is 12.0. The fraction of sp³-hybridized carbons (Fsp3) is 0.222. The zero-order chi connectivity index (χ0) is 24.4. The van der Waals surface area contributed by atoms with E-state index in [0.717, 1.165) is 65.9 Å².